The van der Waals surface area contributed by atoms with Crippen LogP contribution in [-0.2, 0) is 16.1 Å². The molecule has 7 heteroatoms. The van der Waals surface area contributed by atoms with Gasteiger partial charge in [-0.2, -0.15) is 0 Å². The first kappa shape index (κ1) is 20.3. The Kier molecular flexibility index (Phi) is 6.67. The highest BCUT2D eigenvalue weighted by Crippen LogP contribution is 2.33. The average Bonchev–Trinajstić information content (AvgIpc) is 2.55. The Morgan fingerprint density at radius 3 is 2.38 bits per heavy atom. The number of hydrogen-bond donors (Lipinski definition) is 1. The highest BCUT2D eigenvalue weighted by molar-refractivity contribution is 9.10. The SMILES string of the molecule is CC(C)(C)OC(=O)Nc1ccc(Br)c(Cl)c1C(=O)OCc1ccccc1. The van der Waals surface area contributed by atoms with Crippen LogP contribution in [0.1, 0.15) is 36.7 Å². The lowest BCUT2D eigenvalue weighted by Gasteiger charge is -2.20. The van der Waals surface area contributed by atoms with Crippen LogP contribution in [0.15, 0.2) is 46.9 Å². The quantitative estimate of drug-likeness (QED) is 0.610. The summed E-state index contributed by atoms with van der Waals surface area (Å²) in [5, 5.41) is 2.70. The Bertz CT molecular complexity index is 803. The Hall–Kier alpha value is -2.05. The summed E-state index contributed by atoms with van der Waals surface area (Å²) < 4.78 is 11.1. The van der Waals surface area contributed by atoms with E-state index in [9.17, 15) is 9.59 Å². The second-order valence-corrected chi connectivity index (χ2v) is 7.70. The molecule has 2 aromatic carbocycles. The molecule has 0 fully saturated rings. The molecule has 0 atom stereocenters. The number of ether oxygens (including phenoxy) is 2. The first-order chi connectivity index (χ1) is 12.2. The minimum atomic E-state index is -0.687. The van der Waals surface area contributed by atoms with E-state index in [0.717, 1.165) is 5.56 Å². The molecule has 0 aliphatic heterocycles. The van der Waals surface area contributed by atoms with Gasteiger partial charge in [-0.3, -0.25) is 5.32 Å². The third-order valence-electron chi connectivity index (χ3n) is 3.15. The summed E-state index contributed by atoms with van der Waals surface area (Å²) in [5.74, 6) is -0.647. The van der Waals surface area contributed by atoms with Crippen molar-refractivity contribution in [2.45, 2.75) is 33.0 Å². The maximum atomic E-state index is 12.6. The maximum Gasteiger partial charge on any atom is 0.412 e. The van der Waals surface area contributed by atoms with E-state index in [1.807, 2.05) is 30.3 Å². The standard InChI is InChI=1S/C19H19BrClNO4/c1-19(2,3)26-18(24)22-14-10-9-13(20)16(21)15(14)17(23)25-11-12-7-5-4-6-8-12/h4-10H,11H2,1-3H3,(H,22,24). The van der Waals surface area contributed by atoms with Crippen molar-refractivity contribution in [1.29, 1.82) is 0 Å². The summed E-state index contributed by atoms with van der Waals surface area (Å²) in [7, 11) is 0. The normalized spacial score (nSPS) is 11.0. The topological polar surface area (TPSA) is 64.6 Å². The largest absolute Gasteiger partial charge is 0.457 e. The number of rotatable bonds is 4. The van der Waals surface area contributed by atoms with Crippen LogP contribution in [0.2, 0.25) is 5.02 Å². The van der Waals surface area contributed by atoms with Crippen molar-refractivity contribution in [3.63, 3.8) is 0 Å². The molecule has 138 valence electrons. The minimum Gasteiger partial charge on any atom is -0.457 e. The monoisotopic (exact) mass is 439 g/mol. The lowest BCUT2D eigenvalue weighted by Crippen LogP contribution is -2.28. The summed E-state index contributed by atoms with van der Waals surface area (Å²) in [6.45, 7) is 5.33. The van der Waals surface area contributed by atoms with Gasteiger partial charge in [0.2, 0.25) is 0 Å². The van der Waals surface area contributed by atoms with Gasteiger partial charge in [0, 0.05) is 4.47 Å². The van der Waals surface area contributed by atoms with Crippen molar-refractivity contribution < 1.29 is 19.1 Å². The maximum absolute atomic E-state index is 12.6. The fourth-order valence-electron chi connectivity index (χ4n) is 2.06. The number of benzene rings is 2. The predicted molar refractivity (Wildman–Crippen MR) is 105 cm³/mol. The zero-order valence-electron chi connectivity index (χ0n) is 14.6. The third-order valence-corrected chi connectivity index (χ3v) is 4.43. The fourth-order valence-corrected chi connectivity index (χ4v) is 2.64. The zero-order chi connectivity index (χ0) is 19.3. The van der Waals surface area contributed by atoms with Crippen LogP contribution < -0.4 is 5.32 Å². The van der Waals surface area contributed by atoms with E-state index >= 15 is 0 Å². The van der Waals surface area contributed by atoms with Gasteiger partial charge in [-0.05, 0) is 54.4 Å². The summed E-state index contributed by atoms with van der Waals surface area (Å²) in [6.07, 6.45) is -0.687. The third kappa shape index (κ3) is 5.75. The van der Waals surface area contributed by atoms with Gasteiger partial charge in [0.25, 0.3) is 0 Å². The smallest absolute Gasteiger partial charge is 0.412 e. The number of carbonyl (C=O) groups excluding carboxylic acids is 2. The summed E-state index contributed by atoms with van der Waals surface area (Å²) in [5.41, 5.74) is 0.444. The molecule has 0 aliphatic rings. The van der Waals surface area contributed by atoms with E-state index in [-0.39, 0.29) is 22.9 Å². The van der Waals surface area contributed by atoms with Crippen LogP contribution in [0, 0.1) is 0 Å². The van der Waals surface area contributed by atoms with Crippen LogP contribution in [0.4, 0.5) is 10.5 Å². The summed E-state index contributed by atoms with van der Waals surface area (Å²) in [6, 6.07) is 12.4. The number of carbonyl (C=O) groups is 2. The van der Waals surface area contributed by atoms with Crippen molar-refractivity contribution >= 4 is 45.3 Å². The molecular weight excluding hydrogens is 422 g/mol. The first-order valence-corrected chi connectivity index (χ1v) is 9.03. The van der Waals surface area contributed by atoms with E-state index in [0.29, 0.717) is 4.47 Å². The number of anilines is 1. The molecule has 26 heavy (non-hydrogen) atoms. The second kappa shape index (κ2) is 8.56. The molecule has 2 rings (SSSR count). The summed E-state index contributed by atoms with van der Waals surface area (Å²) >= 11 is 9.53. The highest BCUT2D eigenvalue weighted by Gasteiger charge is 2.23. The van der Waals surface area contributed by atoms with Crippen molar-refractivity contribution in [3.8, 4) is 0 Å². The van der Waals surface area contributed by atoms with Gasteiger partial charge in [-0.1, -0.05) is 41.9 Å². The molecule has 0 bridgehead atoms. The highest BCUT2D eigenvalue weighted by atomic mass is 79.9. The lowest BCUT2D eigenvalue weighted by atomic mass is 10.1. The van der Waals surface area contributed by atoms with Crippen LogP contribution in [-0.4, -0.2) is 17.7 Å². The molecule has 2 aromatic rings. The number of hydrogen-bond acceptors (Lipinski definition) is 4. The van der Waals surface area contributed by atoms with Crippen LogP contribution in [0.3, 0.4) is 0 Å². The van der Waals surface area contributed by atoms with Gasteiger partial charge >= 0.3 is 12.1 Å². The predicted octanol–water partition coefficient (Wildman–Crippen LogP) is 5.81. The molecule has 0 aliphatic carbocycles. The number of esters is 1. The van der Waals surface area contributed by atoms with E-state index in [2.05, 4.69) is 21.2 Å². The number of nitrogens with one attached hydrogen (secondary N) is 1. The molecule has 0 spiro atoms. The van der Waals surface area contributed by atoms with Crippen molar-refractivity contribution in [1.82, 2.24) is 0 Å². The van der Waals surface area contributed by atoms with Crippen LogP contribution in [0.25, 0.3) is 0 Å². The Labute approximate surface area is 165 Å². The van der Waals surface area contributed by atoms with Gasteiger partial charge in [0.1, 0.15) is 17.8 Å². The van der Waals surface area contributed by atoms with E-state index in [1.165, 1.54) is 0 Å². The molecule has 0 unspecified atom stereocenters. The molecule has 0 heterocycles. The van der Waals surface area contributed by atoms with Gasteiger partial charge in [0.15, 0.2) is 0 Å². The van der Waals surface area contributed by atoms with E-state index in [4.69, 9.17) is 21.1 Å². The molecule has 0 radical (unpaired) electrons. The second-order valence-electron chi connectivity index (χ2n) is 6.47. The van der Waals surface area contributed by atoms with Crippen LogP contribution in [0.5, 0.6) is 0 Å². The van der Waals surface area contributed by atoms with Gasteiger partial charge in [0.05, 0.1) is 10.7 Å². The molecule has 0 saturated carbocycles. The zero-order valence-corrected chi connectivity index (χ0v) is 17.0. The fraction of sp³-hybridized carbons (Fsp3) is 0.263. The van der Waals surface area contributed by atoms with Crippen molar-refractivity contribution in [3.05, 3.63) is 63.1 Å². The molecule has 5 nitrogen and oxygen atoms in total. The number of amides is 1. The van der Waals surface area contributed by atoms with E-state index in [1.54, 1.807) is 32.9 Å². The molecule has 1 amide bonds. The Morgan fingerprint density at radius 2 is 1.77 bits per heavy atom. The van der Waals surface area contributed by atoms with Crippen molar-refractivity contribution in [2.24, 2.45) is 0 Å². The van der Waals surface area contributed by atoms with Crippen LogP contribution >= 0.6 is 27.5 Å². The van der Waals surface area contributed by atoms with Crippen molar-refractivity contribution in [2.75, 3.05) is 5.32 Å². The Balaban J connectivity index is 2.21. The minimum absolute atomic E-state index is 0.0582. The van der Waals surface area contributed by atoms with Gasteiger partial charge in [-0.15, -0.1) is 0 Å². The Morgan fingerprint density at radius 1 is 1.12 bits per heavy atom. The summed E-state index contributed by atoms with van der Waals surface area (Å²) in [4.78, 5) is 24.6. The average molecular weight is 441 g/mol. The lowest BCUT2D eigenvalue weighted by molar-refractivity contribution is 0.0474. The first-order valence-electron chi connectivity index (χ1n) is 7.86. The molecule has 1 N–H and O–H groups in total. The number of halogens is 2. The van der Waals surface area contributed by atoms with Gasteiger partial charge in [-0.25, -0.2) is 9.59 Å². The van der Waals surface area contributed by atoms with E-state index < -0.39 is 17.7 Å². The van der Waals surface area contributed by atoms with Gasteiger partial charge < -0.3 is 9.47 Å². The molecule has 0 saturated heterocycles. The molecular formula is C19H19BrClNO4. The molecule has 0 aromatic heterocycles.